The fourth-order valence-corrected chi connectivity index (χ4v) is 6.84. The highest BCUT2D eigenvalue weighted by Gasteiger charge is 2.48. The van der Waals surface area contributed by atoms with Crippen molar-refractivity contribution in [3.63, 3.8) is 0 Å². The second-order valence-corrected chi connectivity index (χ2v) is 11.3. The molecule has 0 aromatic heterocycles. The molecule has 32 heavy (non-hydrogen) atoms. The molecule has 0 bridgehead atoms. The minimum Gasteiger partial charge on any atom is -0.369 e. The molecule has 176 valence electrons. The number of rotatable bonds is 6. The van der Waals surface area contributed by atoms with Gasteiger partial charge in [-0.1, -0.05) is 31.4 Å². The van der Waals surface area contributed by atoms with Gasteiger partial charge in [-0.2, -0.15) is 4.72 Å². The molecule has 0 radical (unpaired) electrons. The van der Waals surface area contributed by atoms with Crippen molar-refractivity contribution in [3.8, 4) is 0 Å². The Labute approximate surface area is 190 Å². The molecule has 0 spiro atoms. The van der Waals surface area contributed by atoms with Gasteiger partial charge in [0.25, 0.3) is 0 Å². The normalized spacial score (nSPS) is 23.0. The highest BCUT2D eigenvalue weighted by atomic mass is 32.2. The van der Waals surface area contributed by atoms with Crippen LogP contribution in [0, 0.1) is 12.8 Å². The molecular formula is C23H34N4O4S. The molecule has 9 heteroatoms. The third-order valence-corrected chi connectivity index (χ3v) is 8.88. The quantitative estimate of drug-likeness (QED) is 0.663. The summed E-state index contributed by atoms with van der Waals surface area (Å²) in [5, 5.41) is 0. The molecule has 0 unspecified atom stereocenters. The van der Waals surface area contributed by atoms with E-state index in [2.05, 4.69) is 9.62 Å². The zero-order valence-electron chi connectivity index (χ0n) is 18.8. The summed E-state index contributed by atoms with van der Waals surface area (Å²) in [5.41, 5.74) is 5.23. The molecule has 4 rings (SSSR count). The van der Waals surface area contributed by atoms with E-state index in [1.807, 2.05) is 13.0 Å². The molecule has 2 saturated heterocycles. The number of hydrogen-bond donors (Lipinski definition) is 2. The molecule has 2 amide bonds. The first kappa shape index (κ1) is 23.2. The van der Waals surface area contributed by atoms with Crippen molar-refractivity contribution in [1.82, 2.24) is 14.5 Å². The van der Waals surface area contributed by atoms with Gasteiger partial charge in [0.2, 0.25) is 21.8 Å². The lowest BCUT2D eigenvalue weighted by molar-refractivity contribution is -0.147. The number of sulfonamides is 1. The van der Waals surface area contributed by atoms with E-state index in [9.17, 15) is 18.0 Å². The largest absolute Gasteiger partial charge is 0.369 e. The van der Waals surface area contributed by atoms with E-state index >= 15 is 0 Å². The van der Waals surface area contributed by atoms with Crippen molar-refractivity contribution >= 4 is 21.8 Å². The predicted octanol–water partition coefficient (Wildman–Crippen LogP) is 1.38. The van der Waals surface area contributed by atoms with Crippen molar-refractivity contribution in [1.29, 1.82) is 0 Å². The number of carbonyl (C=O) groups excluding carboxylic acids is 2. The highest BCUT2D eigenvalue weighted by Crippen LogP contribution is 2.34. The molecule has 1 aromatic carbocycles. The number of amides is 2. The van der Waals surface area contributed by atoms with Gasteiger partial charge < -0.3 is 10.6 Å². The second kappa shape index (κ2) is 9.11. The Bertz CT molecular complexity index is 960. The fraction of sp³-hybridized carbons (Fsp3) is 0.652. The number of nitrogens with two attached hydrogens (primary N) is 1. The number of carbonyl (C=O) groups is 2. The average molecular weight is 463 g/mol. The fourth-order valence-electron chi connectivity index (χ4n) is 5.32. The van der Waals surface area contributed by atoms with Gasteiger partial charge in [-0.3, -0.25) is 14.5 Å². The molecule has 1 aromatic rings. The summed E-state index contributed by atoms with van der Waals surface area (Å²) >= 11 is 0. The summed E-state index contributed by atoms with van der Waals surface area (Å²) in [6.07, 6.45) is 5.27. The first-order chi connectivity index (χ1) is 15.2. The van der Waals surface area contributed by atoms with E-state index in [1.54, 1.807) is 23.1 Å². The first-order valence-corrected chi connectivity index (χ1v) is 13.1. The van der Waals surface area contributed by atoms with E-state index in [0.29, 0.717) is 25.9 Å². The number of primary amides is 1. The van der Waals surface area contributed by atoms with Crippen LogP contribution in [0.5, 0.6) is 0 Å². The van der Waals surface area contributed by atoms with Gasteiger partial charge in [-0.25, -0.2) is 8.42 Å². The van der Waals surface area contributed by atoms with Gasteiger partial charge in [0.15, 0.2) is 0 Å². The molecule has 1 aliphatic carbocycles. The SMILES string of the molecule is Cc1cccc(S(=O)(=O)NC2(C(=O)N3CC(N4CCC(C(N)=O)CC4)C3)CCCCC2)c1. The van der Waals surface area contributed by atoms with Crippen molar-refractivity contribution in [2.24, 2.45) is 11.7 Å². The third kappa shape index (κ3) is 4.70. The molecule has 2 aliphatic heterocycles. The van der Waals surface area contributed by atoms with Crippen LogP contribution in [0.2, 0.25) is 0 Å². The standard InChI is InChI=1S/C23H34N4O4S/c1-17-6-5-7-20(14-17)32(30,31)25-23(10-3-2-4-11-23)22(29)27-15-19(16-27)26-12-8-18(9-13-26)21(24)28/h5-7,14,18-19,25H,2-4,8-13,15-16H2,1H3,(H2,24,28). The number of likely N-dealkylation sites (tertiary alicyclic amines) is 2. The summed E-state index contributed by atoms with van der Waals surface area (Å²) in [6, 6.07) is 7.06. The Morgan fingerprint density at radius 1 is 1.09 bits per heavy atom. The van der Waals surface area contributed by atoms with Crippen LogP contribution < -0.4 is 10.5 Å². The van der Waals surface area contributed by atoms with Crippen molar-refractivity contribution < 1.29 is 18.0 Å². The van der Waals surface area contributed by atoms with Crippen molar-refractivity contribution in [2.75, 3.05) is 26.2 Å². The van der Waals surface area contributed by atoms with Crippen molar-refractivity contribution in [3.05, 3.63) is 29.8 Å². The van der Waals surface area contributed by atoms with Crippen LogP contribution in [-0.2, 0) is 19.6 Å². The predicted molar refractivity (Wildman–Crippen MR) is 121 cm³/mol. The second-order valence-electron chi connectivity index (χ2n) is 9.64. The lowest BCUT2D eigenvalue weighted by atomic mass is 9.80. The topological polar surface area (TPSA) is 113 Å². The van der Waals surface area contributed by atoms with Crippen LogP contribution in [0.1, 0.15) is 50.5 Å². The lowest BCUT2D eigenvalue weighted by Gasteiger charge is -2.50. The number of hydrogen-bond acceptors (Lipinski definition) is 5. The third-order valence-electron chi connectivity index (χ3n) is 7.34. The van der Waals surface area contributed by atoms with E-state index < -0.39 is 15.6 Å². The maximum absolute atomic E-state index is 13.6. The minimum absolute atomic E-state index is 0.0504. The van der Waals surface area contributed by atoms with Gasteiger partial charge in [-0.05, 0) is 63.4 Å². The number of nitrogens with zero attached hydrogens (tertiary/aromatic N) is 2. The van der Waals surface area contributed by atoms with Gasteiger partial charge in [-0.15, -0.1) is 0 Å². The van der Waals surface area contributed by atoms with Crippen LogP contribution >= 0.6 is 0 Å². The van der Waals surface area contributed by atoms with E-state index in [1.165, 1.54) is 0 Å². The van der Waals surface area contributed by atoms with Gasteiger partial charge >= 0.3 is 0 Å². The molecule has 3 aliphatic rings. The molecular weight excluding hydrogens is 428 g/mol. The van der Waals surface area contributed by atoms with Crippen LogP contribution in [0.25, 0.3) is 0 Å². The first-order valence-electron chi connectivity index (χ1n) is 11.6. The lowest BCUT2D eigenvalue weighted by Crippen LogP contribution is -2.69. The van der Waals surface area contributed by atoms with E-state index in [0.717, 1.165) is 50.8 Å². The zero-order valence-corrected chi connectivity index (χ0v) is 19.6. The smallest absolute Gasteiger partial charge is 0.243 e. The number of aryl methyl sites for hydroxylation is 1. The molecule has 3 N–H and O–H groups in total. The van der Waals surface area contributed by atoms with Crippen molar-refractivity contribution in [2.45, 2.75) is 68.3 Å². The Morgan fingerprint density at radius 2 is 1.75 bits per heavy atom. The highest BCUT2D eigenvalue weighted by molar-refractivity contribution is 7.89. The van der Waals surface area contributed by atoms with Gasteiger partial charge in [0, 0.05) is 25.0 Å². The van der Waals surface area contributed by atoms with Crippen LogP contribution in [0.3, 0.4) is 0 Å². The van der Waals surface area contributed by atoms with E-state index in [-0.39, 0.29) is 28.7 Å². The maximum Gasteiger partial charge on any atom is 0.243 e. The molecule has 1 saturated carbocycles. The summed E-state index contributed by atoms with van der Waals surface area (Å²) in [7, 11) is -3.80. The van der Waals surface area contributed by atoms with Gasteiger partial charge in [0.05, 0.1) is 4.90 Å². The monoisotopic (exact) mass is 462 g/mol. The Morgan fingerprint density at radius 3 is 2.34 bits per heavy atom. The van der Waals surface area contributed by atoms with E-state index in [4.69, 9.17) is 5.73 Å². The zero-order chi connectivity index (χ0) is 22.9. The average Bonchev–Trinajstić information content (AvgIpc) is 2.73. The Balaban J connectivity index is 1.43. The summed E-state index contributed by atoms with van der Waals surface area (Å²) in [4.78, 5) is 29.3. The molecule has 2 heterocycles. The minimum atomic E-state index is -3.80. The molecule has 8 nitrogen and oxygen atoms in total. The summed E-state index contributed by atoms with van der Waals surface area (Å²) in [6.45, 7) is 4.69. The van der Waals surface area contributed by atoms with Crippen LogP contribution in [-0.4, -0.2) is 67.8 Å². The Hall–Kier alpha value is -1.97. The van der Waals surface area contributed by atoms with Crippen LogP contribution in [0.15, 0.2) is 29.2 Å². The number of nitrogens with one attached hydrogen (secondary N) is 1. The number of benzene rings is 1. The van der Waals surface area contributed by atoms with Crippen LogP contribution in [0.4, 0.5) is 0 Å². The maximum atomic E-state index is 13.6. The summed E-state index contributed by atoms with van der Waals surface area (Å²) in [5.74, 6) is -0.377. The Kier molecular flexibility index (Phi) is 6.61. The van der Waals surface area contributed by atoms with Gasteiger partial charge in [0.1, 0.15) is 5.54 Å². The molecule has 3 fully saturated rings. The summed E-state index contributed by atoms with van der Waals surface area (Å²) < 4.78 is 29.2. The molecule has 0 atom stereocenters. The number of piperidine rings is 1.